The molecule has 0 unspecified atom stereocenters. The molecule has 0 aliphatic heterocycles. The van der Waals surface area contributed by atoms with Crippen LogP contribution in [0.15, 0.2) is 36.4 Å². The molecule has 0 aliphatic rings. The van der Waals surface area contributed by atoms with E-state index in [0.29, 0.717) is 17.1 Å². The number of hydrogen-bond acceptors (Lipinski definition) is 4. The maximum absolute atomic E-state index is 11.0. The smallest absolute Gasteiger partial charge is 0.274 e. The quantitative estimate of drug-likeness (QED) is 0.665. The number of benzene rings is 2. The number of nitrogens with zero attached hydrogens (tertiary/aromatic N) is 1. The zero-order chi connectivity index (χ0) is 15.4. The minimum atomic E-state index is -0.409. The van der Waals surface area contributed by atoms with Crippen molar-refractivity contribution >= 4 is 23.0 Å². The predicted octanol–water partition coefficient (Wildman–Crippen LogP) is 4.18. The van der Waals surface area contributed by atoms with Crippen LogP contribution in [0.1, 0.15) is 11.1 Å². The number of nitro benzene ring substituents is 1. The van der Waals surface area contributed by atoms with Gasteiger partial charge in [-0.15, -0.1) is 0 Å². The Kier molecular flexibility index (Phi) is 4.65. The first-order chi connectivity index (χ1) is 10.0. The number of rotatable bonds is 5. The average molecular weight is 307 g/mol. The molecule has 0 bridgehead atoms. The maximum atomic E-state index is 11.0. The molecule has 1 N–H and O–H groups in total. The van der Waals surface area contributed by atoms with Gasteiger partial charge in [0, 0.05) is 23.3 Å². The zero-order valence-corrected chi connectivity index (χ0v) is 12.5. The molecule has 2 rings (SSSR count). The molecule has 0 fully saturated rings. The molecular weight excluding hydrogens is 292 g/mol. The molecule has 0 saturated heterocycles. The fourth-order valence-corrected chi connectivity index (χ4v) is 2.22. The van der Waals surface area contributed by atoms with E-state index < -0.39 is 4.92 Å². The molecular formula is C15H15ClN2O3. The Bertz CT molecular complexity index is 674. The van der Waals surface area contributed by atoms with Crippen molar-refractivity contribution in [1.82, 2.24) is 0 Å². The second-order valence-electron chi connectivity index (χ2n) is 4.56. The number of nitrogens with one attached hydrogen (secondary N) is 1. The Balaban J connectivity index is 2.20. The summed E-state index contributed by atoms with van der Waals surface area (Å²) in [6.45, 7) is 2.27. The van der Waals surface area contributed by atoms with Crippen molar-refractivity contribution in [2.45, 2.75) is 13.5 Å². The van der Waals surface area contributed by atoms with Crippen LogP contribution in [0.2, 0.25) is 5.02 Å². The first-order valence-electron chi connectivity index (χ1n) is 6.32. The van der Waals surface area contributed by atoms with Gasteiger partial charge in [-0.05, 0) is 42.8 Å². The van der Waals surface area contributed by atoms with Crippen LogP contribution in [-0.4, -0.2) is 12.0 Å². The second kappa shape index (κ2) is 6.45. The van der Waals surface area contributed by atoms with Gasteiger partial charge in [0.05, 0.1) is 17.6 Å². The molecule has 110 valence electrons. The number of anilines is 1. The van der Waals surface area contributed by atoms with Gasteiger partial charge in [-0.25, -0.2) is 0 Å². The Morgan fingerprint density at radius 3 is 2.67 bits per heavy atom. The van der Waals surface area contributed by atoms with Gasteiger partial charge in [0.25, 0.3) is 5.69 Å². The van der Waals surface area contributed by atoms with E-state index in [9.17, 15) is 10.1 Å². The molecule has 0 amide bonds. The molecule has 2 aromatic carbocycles. The number of ether oxygens (including phenoxy) is 1. The predicted molar refractivity (Wildman–Crippen MR) is 83.2 cm³/mol. The van der Waals surface area contributed by atoms with Crippen molar-refractivity contribution in [2.75, 3.05) is 12.4 Å². The average Bonchev–Trinajstić information content (AvgIpc) is 2.45. The summed E-state index contributed by atoms with van der Waals surface area (Å²) in [6, 6.07) is 10.1. The molecule has 0 aliphatic carbocycles. The Labute approximate surface area is 127 Å². The summed E-state index contributed by atoms with van der Waals surface area (Å²) in [5.41, 5.74) is 2.49. The minimum absolute atomic E-state index is 0.0538. The van der Waals surface area contributed by atoms with Crippen LogP contribution in [0.4, 0.5) is 11.4 Å². The van der Waals surface area contributed by atoms with Crippen molar-refractivity contribution < 1.29 is 9.66 Å². The van der Waals surface area contributed by atoms with Gasteiger partial charge < -0.3 is 10.1 Å². The molecule has 0 heterocycles. The molecule has 21 heavy (non-hydrogen) atoms. The van der Waals surface area contributed by atoms with Crippen molar-refractivity contribution in [3.8, 4) is 5.75 Å². The highest BCUT2D eigenvalue weighted by atomic mass is 35.5. The molecule has 5 nitrogen and oxygen atoms in total. The summed E-state index contributed by atoms with van der Waals surface area (Å²) in [6.07, 6.45) is 0. The normalized spacial score (nSPS) is 10.2. The van der Waals surface area contributed by atoms with E-state index in [4.69, 9.17) is 16.3 Å². The number of aryl methyl sites for hydroxylation is 1. The van der Waals surface area contributed by atoms with Crippen LogP contribution in [0.5, 0.6) is 5.75 Å². The summed E-state index contributed by atoms with van der Waals surface area (Å²) in [5.74, 6) is 0.770. The molecule has 6 heteroatoms. The van der Waals surface area contributed by atoms with E-state index in [0.717, 1.165) is 17.0 Å². The summed E-state index contributed by atoms with van der Waals surface area (Å²) in [4.78, 5) is 10.6. The van der Waals surface area contributed by atoms with Crippen LogP contribution in [0.3, 0.4) is 0 Å². The lowest BCUT2D eigenvalue weighted by atomic mass is 10.1. The van der Waals surface area contributed by atoms with Crippen molar-refractivity contribution in [3.05, 3.63) is 62.7 Å². The van der Waals surface area contributed by atoms with Crippen molar-refractivity contribution in [2.24, 2.45) is 0 Å². The van der Waals surface area contributed by atoms with E-state index in [1.54, 1.807) is 13.2 Å². The summed E-state index contributed by atoms with van der Waals surface area (Å²) >= 11 is 5.91. The van der Waals surface area contributed by atoms with Crippen LogP contribution in [0, 0.1) is 17.0 Å². The fourth-order valence-electron chi connectivity index (χ4n) is 2.03. The third kappa shape index (κ3) is 3.64. The minimum Gasteiger partial charge on any atom is -0.497 e. The largest absolute Gasteiger partial charge is 0.497 e. The highest BCUT2D eigenvalue weighted by molar-refractivity contribution is 6.30. The summed E-state index contributed by atoms with van der Waals surface area (Å²) in [5, 5.41) is 14.7. The Hall–Kier alpha value is -2.27. The maximum Gasteiger partial charge on any atom is 0.274 e. The number of halogens is 1. The molecule has 0 radical (unpaired) electrons. The van der Waals surface area contributed by atoms with Gasteiger partial charge in [0.15, 0.2) is 0 Å². The Morgan fingerprint density at radius 2 is 2.05 bits per heavy atom. The van der Waals surface area contributed by atoms with Gasteiger partial charge in [-0.2, -0.15) is 0 Å². The standard InChI is InChI=1S/C15H15ClN2O3/c1-10-7-13(21-2)4-5-14(10)17-9-11-8-12(16)3-6-15(11)18(19)20/h3-8,17H,9H2,1-2H3. The number of nitro groups is 1. The molecule has 0 spiro atoms. The lowest BCUT2D eigenvalue weighted by Gasteiger charge is -2.11. The van der Waals surface area contributed by atoms with E-state index in [2.05, 4.69) is 5.32 Å². The second-order valence-corrected chi connectivity index (χ2v) is 5.00. The van der Waals surface area contributed by atoms with Gasteiger partial charge in [-0.3, -0.25) is 10.1 Å². The topological polar surface area (TPSA) is 64.4 Å². The van der Waals surface area contributed by atoms with Gasteiger partial charge >= 0.3 is 0 Å². The monoisotopic (exact) mass is 306 g/mol. The van der Waals surface area contributed by atoms with Gasteiger partial charge in [-0.1, -0.05) is 11.6 Å². The van der Waals surface area contributed by atoms with Crippen LogP contribution >= 0.6 is 11.6 Å². The van der Waals surface area contributed by atoms with Crippen molar-refractivity contribution in [3.63, 3.8) is 0 Å². The molecule has 0 atom stereocenters. The van der Waals surface area contributed by atoms with Gasteiger partial charge in [0.1, 0.15) is 5.75 Å². The molecule has 2 aromatic rings. The molecule has 0 saturated carbocycles. The first-order valence-corrected chi connectivity index (χ1v) is 6.70. The van der Waals surface area contributed by atoms with Gasteiger partial charge in [0.2, 0.25) is 0 Å². The third-order valence-electron chi connectivity index (χ3n) is 3.14. The van der Waals surface area contributed by atoms with E-state index in [1.165, 1.54) is 12.1 Å². The van der Waals surface area contributed by atoms with Crippen LogP contribution < -0.4 is 10.1 Å². The third-order valence-corrected chi connectivity index (χ3v) is 3.38. The van der Waals surface area contributed by atoms with Crippen LogP contribution in [0.25, 0.3) is 0 Å². The highest BCUT2D eigenvalue weighted by Gasteiger charge is 2.13. The number of methoxy groups -OCH3 is 1. The zero-order valence-electron chi connectivity index (χ0n) is 11.7. The van der Waals surface area contributed by atoms with Crippen molar-refractivity contribution in [1.29, 1.82) is 0 Å². The van der Waals surface area contributed by atoms with E-state index in [1.807, 2.05) is 25.1 Å². The van der Waals surface area contributed by atoms with Crippen LogP contribution in [-0.2, 0) is 6.54 Å². The Morgan fingerprint density at radius 1 is 1.29 bits per heavy atom. The van der Waals surface area contributed by atoms with E-state index in [-0.39, 0.29) is 5.69 Å². The lowest BCUT2D eigenvalue weighted by molar-refractivity contribution is -0.385. The summed E-state index contributed by atoms with van der Waals surface area (Å²) < 4.78 is 5.14. The SMILES string of the molecule is COc1ccc(NCc2cc(Cl)ccc2[N+](=O)[O-])c(C)c1. The molecule has 0 aromatic heterocycles. The number of hydrogen-bond donors (Lipinski definition) is 1. The highest BCUT2D eigenvalue weighted by Crippen LogP contribution is 2.25. The first kappa shape index (κ1) is 15.1. The fraction of sp³-hybridized carbons (Fsp3) is 0.200. The lowest BCUT2D eigenvalue weighted by Crippen LogP contribution is -2.04. The summed E-state index contributed by atoms with van der Waals surface area (Å²) in [7, 11) is 1.61. The van der Waals surface area contributed by atoms with E-state index >= 15 is 0 Å².